The van der Waals surface area contributed by atoms with Crippen LogP contribution in [0.15, 0.2) is 57.2 Å². The number of carbonyl (C=O) groups is 1. The molecule has 0 saturated heterocycles. The van der Waals surface area contributed by atoms with E-state index in [9.17, 15) is 19.5 Å². The molecule has 4 rings (SSSR count). The molecule has 0 saturated carbocycles. The standard InChI is InChI=1S/C25H26N4O5/c1-5-21(30)29-20(16-6-8-18(34-4)9-7-16)13-19(27-29)22-23(31)26-25(33)28(24(22)32)17-11-14(2)10-15(3)12-17/h6-12,20,32H,5,13H2,1-4H3,(H,26,31,33)/t20-/m0/s1. The van der Waals surface area contributed by atoms with Crippen LogP contribution in [0.25, 0.3) is 5.69 Å². The van der Waals surface area contributed by atoms with Crippen molar-refractivity contribution in [3.05, 3.63) is 85.6 Å². The minimum atomic E-state index is -0.763. The Kier molecular flexibility index (Phi) is 6.10. The number of carbonyl (C=O) groups excluding carboxylic acids is 1. The lowest BCUT2D eigenvalue weighted by Crippen LogP contribution is -2.33. The summed E-state index contributed by atoms with van der Waals surface area (Å²) in [6, 6.07) is 12.2. The molecule has 1 amide bonds. The fourth-order valence-corrected chi connectivity index (χ4v) is 4.24. The second kappa shape index (κ2) is 9.01. The fourth-order valence-electron chi connectivity index (χ4n) is 4.24. The number of benzene rings is 2. The maximum atomic E-state index is 12.8. The number of aromatic nitrogens is 2. The highest BCUT2D eigenvalue weighted by Crippen LogP contribution is 2.35. The van der Waals surface area contributed by atoms with Crippen LogP contribution in [-0.2, 0) is 4.79 Å². The number of hydrogen-bond acceptors (Lipinski definition) is 6. The van der Waals surface area contributed by atoms with Crippen molar-refractivity contribution in [1.82, 2.24) is 14.6 Å². The Morgan fingerprint density at radius 2 is 1.79 bits per heavy atom. The van der Waals surface area contributed by atoms with Gasteiger partial charge in [-0.15, -0.1) is 0 Å². The highest BCUT2D eigenvalue weighted by atomic mass is 16.5. The number of hydrazone groups is 1. The van der Waals surface area contributed by atoms with Gasteiger partial charge in [-0.3, -0.25) is 14.6 Å². The molecular formula is C25H26N4O5. The summed E-state index contributed by atoms with van der Waals surface area (Å²) in [6.45, 7) is 5.48. The van der Waals surface area contributed by atoms with E-state index in [2.05, 4.69) is 10.1 Å². The highest BCUT2D eigenvalue weighted by Gasteiger charge is 2.35. The van der Waals surface area contributed by atoms with E-state index < -0.39 is 23.2 Å². The number of hydrogen-bond donors (Lipinski definition) is 2. The van der Waals surface area contributed by atoms with Crippen molar-refractivity contribution in [2.24, 2.45) is 5.10 Å². The number of methoxy groups -OCH3 is 1. The van der Waals surface area contributed by atoms with Gasteiger partial charge in [0.2, 0.25) is 11.8 Å². The molecule has 9 heteroatoms. The molecule has 0 fully saturated rings. The molecule has 1 aliphatic rings. The van der Waals surface area contributed by atoms with Crippen LogP contribution in [0.4, 0.5) is 0 Å². The van der Waals surface area contributed by atoms with Crippen LogP contribution >= 0.6 is 0 Å². The Morgan fingerprint density at radius 1 is 1.15 bits per heavy atom. The number of aromatic amines is 1. The SMILES string of the molecule is CCC(=O)N1N=C(c2c(O)n(-c3cc(C)cc(C)c3)c(=O)[nH]c2=O)C[C@H]1c1ccc(OC)cc1. The molecular weight excluding hydrogens is 436 g/mol. The first kappa shape index (κ1) is 23.0. The number of H-pyrrole nitrogens is 1. The molecule has 1 atom stereocenters. The van der Waals surface area contributed by atoms with Crippen LogP contribution in [0.5, 0.6) is 11.6 Å². The van der Waals surface area contributed by atoms with Gasteiger partial charge in [-0.05, 0) is 54.8 Å². The van der Waals surface area contributed by atoms with E-state index in [0.717, 1.165) is 21.3 Å². The van der Waals surface area contributed by atoms with Crippen LogP contribution in [0.3, 0.4) is 0 Å². The van der Waals surface area contributed by atoms with Gasteiger partial charge in [0.05, 0.1) is 24.6 Å². The lowest BCUT2D eigenvalue weighted by atomic mass is 9.99. The van der Waals surface area contributed by atoms with Crippen molar-refractivity contribution < 1.29 is 14.6 Å². The molecule has 2 heterocycles. The summed E-state index contributed by atoms with van der Waals surface area (Å²) in [5.41, 5.74) is 1.58. The van der Waals surface area contributed by atoms with Gasteiger partial charge < -0.3 is 9.84 Å². The fraction of sp³-hybridized carbons (Fsp3) is 0.280. The Hall–Kier alpha value is -4.14. The smallest absolute Gasteiger partial charge is 0.335 e. The largest absolute Gasteiger partial charge is 0.497 e. The molecule has 176 valence electrons. The van der Waals surface area contributed by atoms with Crippen molar-refractivity contribution >= 4 is 11.6 Å². The number of ether oxygens (including phenoxy) is 1. The molecule has 0 spiro atoms. The van der Waals surface area contributed by atoms with Crippen LogP contribution in [0, 0.1) is 13.8 Å². The Balaban J connectivity index is 1.84. The third kappa shape index (κ3) is 4.12. The third-order valence-corrected chi connectivity index (χ3v) is 5.81. The van der Waals surface area contributed by atoms with Crippen molar-refractivity contribution in [3.8, 4) is 17.3 Å². The maximum absolute atomic E-state index is 12.8. The average molecular weight is 463 g/mol. The monoisotopic (exact) mass is 462 g/mol. The van der Waals surface area contributed by atoms with Crippen LogP contribution in [-0.4, -0.2) is 38.4 Å². The van der Waals surface area contributed by atoms with Crippen LogP contribution in [0.2, 0.25) is 0 Å². The zero-order valence-electron chi connectivity index (χ0n) is 19.5. The average Bonchev–Trinajstić information content (AvgIpc) is 3.22. The van der Waals surface area contributed by atoms with Gasteiger partial charge in [0.1, 0.15) is 11.3 Å². The highest BCUT2D eigenvalue weighted by molar-refractivity contribution is 6.04. The Morgan fingerprint density at radius 3 is 2.38 bits per heavy atom. The van der Waals surface area contributed by atoms with Crippen molar-refractivity contribution in [3.63, 3.8) is 0 Å². The number of amides is 1. The summed E-state index contributed by atoms with van der Waals surface area (Å²) >= 11 is 0. The zero-order chi connectivity index (χ0) is 24.6. The molecule has 3 aromatic rings. The molecule has 0 radical (unpaired) electrons. The van der Waals surface area contributed by atoms with Crippen LogP contribution in [0.1, 0.15) is 48.1 Å². The number of rotatable bonds is 5. The normalized spacial score (nSPS) is 15.4. The van der Waals surface area contributed by atoms with E-state index >= 15 is 0 Å². The third-order valence-electron chi connectivity index (χ3n) is 5.81. The predicted octanol–water partition coefficient (Wildman–Crippen LogP) is 2.94. The Bertz CT molecular complexity index is 1380. The maximum Gasteiger partial charge on any atom is 0.335 e. The topological polar surface area (TPSA) is 117 Å². The molecule has 1 aromatic heterocycles. The van der Waals surface area contributed by atoms with Gasteiger partial charge in [-0.1, -0.05) is 25.1 Å². The van der Waals surface area contributed by atoms with Gasteiger partial charge in [0, 0.05) is 12.8 Å². The minimum Gasteiger partial charge on any atom is -0.497 e. The predicted molar refractivity (Wildman–Crippen MR) is 128 cm³/mol. The van der Waals surface area contributed by atoms with E-state index in [1.165, 1.54) is 5.01 Å². The molecule has 2 N–H and O–H groups in total. The first-order chi connectivity index (χ1) is 16.2. The first-order valence-corrected chi connectivity index (χ1v) is 10.9. The van der Waals surface area contributed by atoms with E-state index in [4.69, 9.17) is 4.74 Å². The second-order valence-electron chi connectivity index (χ2n) is 8.27. The van der Waals surface area contributed by atoms with Crippen molar-refractivity contribution in [2.75, 3.05) is 7.11 Å². The molecule has 0 unspecified atom stereocenters. The lowest BCUT2D eigenvalue weighted by molar-refractivity contribution is -0.132. The summed E-state index contributed by atoms with van der Waals surface area (Å²) in [5.74, 6) is -0.0722. The molecule has 2 aromatic carbocycles. The second-order valence-corrected chi connectivity index (χ2v) is 8.27. The summed E-state index contributed by atoms with van der Waals surface area (Å²) in [5, 5.41) is 16.9. The molecule has 0 bridgehead atoms. The zero-order valence-corrected chi connectivity index (χ0v) is 19.5. The van der Waals surface area contributed by atoms with E-state index in [1.54, 1.807) is 38.3 Å². The molecule has 1 aliphatic heterocycles. The molecule has 34 heavy (non-hydrogen) atoms. The molecule has 0 aliphatic carbocycles. The van der Waals surface area contributed by atoms with Crippen molar-refractivity contribution in [2.45, 2.75) is 39.7 Å². The van der Waals surface area contributed by atoms with Gasteiger partial charge >= 0.3 is 5.69 Å². The Labute approximate surface area is 195 Å². The van der Waals surface area contributed by atoms with Crippen molar-refractivity contribution in [1.29, 1.82) is 0 Å². The van der Waals surface area contributed by atoms with E-state index in [0.29, 0.717) is 11.4 Å². The van der Waals surface area contributed by atoms with Crippen LogP contribution < -0.4 is 16.0 Å². The lowest BCUT2D eigenvalue weighted by Gasteiger charge is -2.21. The first-order valence-electron chi connectivity index (χ1n) is 10.9. The van der Waals surface area contributed by atoms with E-state index in [1.807, 2.05) is 32.0 Å². The quantitative estimate of drug-likeness (QED) is 0.605. The summed E-state index contributed by atoms with van der Waals surface area (Å²) in [4.78, 5) is 40.4. The minimum absolute atomic E-state index is 0.135. The van der Waals surface area contributed by atoms with Gasteiger partial charge in [-0.2, -0.15) is 5.10 Å². The summed E-state index contributed by atoms with van der Waals surface area (Å²) < 4.78 is 6.26. The number of aromatic hydroxyl groups is 1. The molecule has 9 nitrogen and oxygen atoms in total. The number of nitrogens with one attached hydrogen (secondary N) is 1. The van der Waals surface area contributed by atoms with Gasteiger partial charge in [-0.25, -0.2) is 14.4 Å². The summed E-state index contributed by atoms with van der Waals surface area (Å²) in [7, 11) is 1.57. The number of nitrogens with zero attached hydrogens (tertiary/aromatic N) is 3. The van der Waals surface area contributed by atoms with Gasteiger partial charge in [0.15, 0.2) is 0 Å². The van der Waals surface area contributed by atoms with Gasteiger partial charge in [0.25, 0.3) is 5.56 Å². The summed E-state index contributed by atoms with van der Waals surface area (Å²) in [6.07, 6.45) is 0.410. The van der Waals surface area contributed by atoms with E-state index in [-0.39, 0.29) is 30.0 Å². The number of aryl methyl sites for hydroxylation is 2.